The van der Waals surface area contributed by atoms with Crippen molar-refractivity contribution in [3.8, 4) is 0 Å². The Morgan fingerprint density at radius 1 is 1.00 bits per heavy atom. The van der Waals surface area contributed by atoms with Gasteiger partial charge in [0.15, 0.2) is 12.4 Å². The van der Waals surface area contributed by atoms with Crippen LogP contribution in [0.3, 0.4) is 0 Å². The zero-order valence-electron chi connectivity index (χ0n) is 16.1. The number of hydrogen-bond donors (Lipinski definition) is 2. The first kappa shape index (κ1) is 22.1. The molecule has 9 heteroatoms. The average molecular weight is 418 g/mol. The first-order valence-electron chi connectivity index (χ1n) is 8.76. The van der Waals surface area contributed by atoms with E-state index in [4.69, 9.17) is 4.74 Å². The van der Waals surface area contributed by atoms with Crippen LogP contribution in [0.5, 0.6) is 0 Å². The fourth-order valence-electron chi connectivity index (χ4n) is 2.48. The number of ether oxygens (including phenoxy) is 1. The smallest absolute Gasteiger partial charge is 0.340 e. The highest BCUT2D eigenvalue weighted by molar-refractivity contribution is 7.92. The minimum Gasteiger partial charge on any atom is -0.454 e. The van der Waals surface area contributed by atoms with Crippen molar-refractivity contribution in [2.45, 2.75) is 13.3 Å². The standard InChI is InChI=1S/C20H22N2O6S/c1-14(23)21-12-11-15-7-9-16(10-8-15)19(24)13-28-20(25)17-5-3-4-6-18(17)22-29(2,26)27/h3-10,22H,11-13H2,1-2H3,(H,21,23). The second kappa shape index (κ2) is 9.83. The van der Waals surface area contributed by atoms with Crippen molar-refractivity contribution in [3.05, 3.63) is 65.2 Å². The van der Waals surface area contributed by atoms with Crippen LogP contribution in [0, 0.1) is 0 Å². The topological polar surface area (TPSA) is 119 Å². The molecule has 0 aliphatic carbocycles. The fraction of sp³-hybridized carbons (Fsp3) is 0.250. The molecule has 0 heterocycles. The Labute approximate surface area is 169 Å². The monoisotopic (exact) mass is 418 g/mol. The van der Waals surface area contributed by atoms with E-state index in [-0.39, 0.29) is 22.9 Å². The third-order valence-electron chi connectivity index (χ3n) is 3.84. The van der Waals surface area contributed by atoms with Gasteiger partial charge in [0.25, 0.3) is 0 Å². The number of carbonyl (C=O) groups excluding carboxylic acids is 3. The zero-order chi connectivity index (χ0) is 21.4. The van der Waals surface area contributed by atoms with Gasteiger partial charge in [0.2, 0.25) is 15.9 Å². The van der Waals surface area contributed by atoms with E-state index in [1.54, 1.807) is 36.4 Å². The van der Waals surface area contributed by atoms with Crippen molar-refractivity contribution in [3.63, 3.8) is 0 Å². The molecule has 0 atom stereocenters. The lowest BCUT2D eigenvalue weighted by Gasteiger charge is -2.10. The van der Waals surface area contributed by atoms with Gasteiger partial charge in [-0.25, -0.2) is 13.2 Å². The molecule has 0 saturated heterocycles. The number of benzene rings is 2. The number of ketones is 1. The average Bonchev–Trinajstić information content (AvgIpc) is 2.65. The lowest BCUT2D eigenvalue weighted by molar-refractivity contribution is -0.118. The van der Waals surface area contributed by atoms with Gasteiger partial charge in [-0.2, -0.15) is 0 Å². The van der Waals surface area contributed by atoms with Crippen molar-refractivity contribution in [1.82, 2.24) is 5.32 Å². The minimum absolute atomic E-state index is 0.0130. The molecular weight excluding hydrogens is 396 g/mol. The Morgan fingerprint density at radius 3 is 2.28 bits per heavy atom. The van der Waals surface area contributed by atoms with E-state index in [1.165, 1.54) is 19.1 Å². The van der Waals surface area contributed by atoms with Crippen molar-refractivity contribution >= 4 is 33.4 Å². The largest absolute Gasteiger partial charge is 0.454 e. The molecule has 0 aliphatic rings. The predicted molar refractivity (Wildman–Crippen MR) is 108 cm³/mol. The summed E-state index contributed by atoms with van der Waals surface area (Å²) in [5.74, 6) is -1.30. The van der Waals surface area contributed by atoms with Crippen LogP contribution >= 0.6 is 0 Å². The van der Waals surface area contributed by atoms with Crippen molar-refractivity contribution in [1.29, 1.82) is 0 Å². The van der Waals surface area contributed by atoms with Crippen LogP contribution in [-0.4, -0.2) is 45.5 Å². The molecule has 0 bridgehead atoms. The van der Waals surface area contributed by atoms with Crippen LogP contribution in [0.15, 0.2) is 48.5 Å². The van der Waals surface area contributed by atoms with E-state index in [0.29, 0.717) is 18.5 Å². The van der Waals surface area contributed by atoms with Gasteiger partial charge in [-0.3, -0.25) is 14.3 Å². The highest BCUT2D eigenvalue weighted by Gasteiger charge is 2.17. The summed E-state index contributed by atoms with van der Waals surface area (Å²) in [6, 6.07) is 12.7. The molecule has 29 heavy (non-hydrogen) atoms. The van der Waals surface area contributed by atoms with E-state index < -0.39 is 22.6 Å². The number of amides is 1. The molecule has 0 saturated carbocycles. The number of nitrogens with one attached hydrogen (secondary N) is 2. The number of Topliss-reactive ketones (excluding diaryl/α,β-unsaturated/α-hetero) is 1. The molecule has 2 rings (SSSR count). The molecule has 8 nitrogen and oxygen atoms in total. The summed E-state index contributed by atoms with van der Waals surface area (Å²) in [6.07, 6.45) is 1.60. The summed E-state index contributed by atoms with van der Waals surface area (Å²) in [5, 5.41) is 2.69. The predicted octanol–water partition coefficient (Wildman–Crippen LogP) is 1.78. The normalized spacial score (nSPS) is 10.8. The lowest BCUT2D eigenvalue weighted by atomic mass is 10.1. The molecular formula is C20H22N2O6S. The van der Waals surface area contributed by atoms with Crippen LogP contribution in [0.2, 0.25) is 0 Å². The third-order valence-corrected chi connectivity index (χ3v) is 4.43. The molecule has 0 unspecified atom stereocenters. The zero-order valence-corrected chi connectivity index (χ0v) is 16.9. The molecule has 2 aromatic rings. The molecule has 1 amide bonds. The summed E-state index contributed by atoms with van der Waals surface area (Å²) in [7, 11) is -3.57. The Morgan fingerprint density at radius 2 is 1.66 bits per heavy atom. The van der Waals surface area contributed by atoms with Gasteiger partial charge < -0.3 is 10.1 Å². The summed E-state index contributed by atoms with van der Waals surface area (Å²) < 4.78 is 30.1. The van der Waals surface area contributed by atoms with Crippen LogP contribution < -0.4 is 10.0 Å². The van der Waals surface area contributed by atoms with Crippen LogP contribution in [0.4, 0.5) is 5.69 Å². The molecule has 0 aromatic heterocycles. The number of para-hydroxylation sites is 1. The van der Waals surface area contributed by atoms with Crippen LogP contribution in [0.25, 0.3) is 0 Å². The molecule has 154 valence electrons. The summed E-state index contributed by atoms with van der Waals surface area (Å²) in [4.78, 5) is 35.4. The quantitative estimate of drug-likeness (QED) is 0.473. The number of anilines is 1. The summed E-state index contributed by atoms with van der Waals surface area (Å²) >= 11 is 0. The summed E-state index contributed by atoms with van der Waals surface area (Å²) in [6.45, 7) is 1.47. The highest BCUT2D eigenvalue weighted by Crippen LogP contribution is 2.17. The Hall–Kier alpha value is -3.20. The maximum Gasteiger partial charge on any atom is 0.340 e. The number of esters is 1. The molecule has 0 fully saturated rings. The van der Waals surface area contributed by atoms with Crippen molar-refractivity contribution < 1.29 is 27.5 Å². The van der Waals surface area contributed by atoms with E-state index in [0.717, 1.165) is 11.8 Å². The van der Waals surface area contributed by atoms with E-state index in [9.17, 15) is 22.8 Å². The highest BCUT2D eigenvalue weighted by atomic mass is 32.2. The second-order valence-corrected chi connectivity index (χ2v) is 8.10. The lowest BCUT2D eigenvalue weighted by Crippen LogP contribution is -2.22. The number of rotatable bonds is 9. The maximum absolute atomic E-state index is 12.3. The summed E-state index contributed by atoms with van der Waals surface area (Å²) in [5.41, 5.74) is 1.42. The van der Waals surface area contributed by atoms with E-state index in [2.05, 4.69) is 10.0 Å². The van der Waals surface area contributed by atoms with Gasteiger partial charge in [0.1, 0.15) is 0 Å². The van der Waals surface area contributed by atoms with Crippen LogP contribution in [0.1, 0.15) is 33.2 Å². The Bertz CT molecular complexity index is 1000. The first-order chi connectivity index (χ1) is 13.7. The number of sulfonamides is 1. The SMILES string of the molecule is CC(=O)NCCc1ccc(C(=O)COC(=O)c2ccccc2NS(C)(=O)=O)cc1. The number of carbonyl (C=O) groups is 3. The molecule has 2 aromatic carbocycles. The number of hydrogen-bond acceptors (Lipinski definition) is 6. The first-order valence-corrected chi connectivity index (χ1v) is 10.7. The van der Waals surface area contributed by atoms with E-state index >= 15 is 0 Å². The minimum atomic E-state index is -3.57. The van der Waals surface area contributed by atoms with Gasteiger partial charge in [-0.05, 0) is 24.1 Å². The van der Waals surface area contributed by atoms with Gasteiger partial charge >= 0.3 is 5.97 Å². The molecule has 0 spiro atoms. The Balaban J connectivity index is 1.95. The third kappa shape index (κ3) is 7.38. The van der Waals surface area contributed by atoms with Crippen molar-refractivity contribution in [2.75, 3.05) is 24.1 Å². The molecule has 0 radical (unpaired) electrons. The van der Waals surface area contributed by atoms with E-state index in [1.807, 2.05) is 0 Å². The van der Waals surface area contributed by atoms with Gasteiger partial charge in [0.05, 0.1) is 17.5 Å². The second-order valence-electron chi connectivity index (χ2n) is 6.35. The maximum atomic E-state index is 12.3. The molecule has 0 aliphatic heterocycles. The van der Waals surface area contributed by atoms with Crippen LogP contribution in [-0.2, 0) is 26.0 Å². The molecule has 2 N–H and O–H groups in total. The van der Waals surface area contributed by atoms with Gasteiger partial charge in [0, 0.05) is 19.0 Å². The van der Waals surface area contributed by atoms with Crippen molar-refractivity contribution in [2.24, 2.45) is 0 Å². The van der Waals surface area contributed by atoms with Gasteiger partial charge in [-0.1, -0.05) is 36.4 Å². The Kier molecular flexibility index (Phi) is 7.49. The van der Waals surface area contributed by atoms with Gasteiger partial charge in [-0.15, -0.1) is 0 Å². The fourth-order valence-corrected chi connectivity index (χ4v) is 3.06.